The van der Waals surface area contributed by atoms with Crippen molar-refractivity contribution in [2.24, 2.45) is 0 Å². The van der Waals surface area contributed by atoms with E-state index in [4.69, 9.17) is 0 Å². The van der Waals surface area contributed by atoms with Gasteiger partial charge in [0.25, 0.3) is 17.4 Å². The van der Waals surface area contributed by atoms with Crippen LogP contribution in [0.2, 0.25) is 0 Å². The molecule has 2 amide bonds. The van der Waals surface area contributed by atoms with Gasteiger partial charge in [0.15, 0.2) is 0 Å². The van der Waals surface area contributed by atoms with E-state index < -0.39 is 18.0 Å². The zero-order valence-corrected chi connectivity index (χ0v) is 22.1. The molecule has 0 atom stereocenters. The predicted molar refractivity (Wildman–Crippen MR) is 150 cm³/mol. The van der Waals surface area contributed by atoms with E-state index in [-0.39, 0.29) is 27.8 Å². The highest BCUT2D eigenvalue weighted by atomic mass is 19.3. The number of hydrogen-bond donors (Lipinski definition) is 1. The monoisotopic (exact) mass is 559 g/mol. The Bertz CT molecular complexity index is 1610. The van der Waals surface area contributed by atoms with Crippen molar-refractivity contribution < 1.29 is 22.8 Å². The first-order valence-electron chi connectivity index (χ1n) is 13.3. The number of halogens is 3. The molecule has 41 heavy (non-hydrogen) atoms. The molecule has 1 N–H and O–H groups in total. The molecule has 1 aromatic heterocycles. The van der Waals surface area contributed by atoms with Crippen molar-refractivity contribution in [3.8, 4) is 0 Å². The van der Waals surface area contributed by atoms with Crippen molar-refractivity contribution >= 4 is 17.5 Å². The first kappa shape index (κ1) is 27.9. The molecule has 3 aromatic carbocycles. The smallest absolute Gasteiger partial charge is 0.321 e. The van der Waals surface area contributed by atoms with Crippen LogP contribution in [0.15, 0.2) is 95.9 Å². The van der Waals surface area contributed by atoms with Crippen LogP contribution in [0.5, 0.6) is 0 Å². The van der Waals surface area contributed by atoms with Gasteiger partial charge in [0.2, 0.25) is 0 Å². The van der Waals surface area contributed by atoms with Crippen LogP contribution in [0.25, 0.3) is 0 Å². The van der Waals surface area contributed by atoms with E-state index in [0.29, 0.717) is 30.8 Å². The minimum atomic E-state index is -3.03. The van der Waals surface area contributed by atoms with E-state index in [9.17, 15) is 27.6 Å². The molecule has 0 saturated carbocycles. The van der Waals surface area contributed by atoms with Gasteiger partial charge in [0, 0.05) is 30.5 Å². The minimum Gasteiger partial charge on any atom is -0.339 e. The molecule has 1 aliphatic heterocycles. The highest BCUT2D eigenvalue weighted by Crippen LogP contribution is 2.30. The maximum absolute atomic E-state index is 13.5. The number of nitrogens with one attached hydrogen (secondary N) is 1. The molecule has 0 radical (unpaired) electrons. The lowest BCUT2D eigenvalue weighted by Crippen LogP contribution is -2.37. The summed E-state index contributed by atoms with van der Waals surface area (Å²) in [4.78, 5) is 39.7. The summed E-state index contributed by atoms with van der Waals surface area (Å²) in [5.41, 5.74) is 2.47. The lowest BCUT2D eigenvalue weighted by atomic mass is 9.89. The first-order valence-corrected chi connectivity index (χ1v) is 13.3. The summed E-state index contributed by atoms with van der Waals surface area (Å²) in [7, 11) is 0. The normalized spacial score (nSPS) is 13.8. The SMILES string of the molecule is O=C(Nc1ccc(C2CCN(C(=O)c3cccc(Cc4cccc(F)c4)c3)CC2)cc1)c1cccn(C(F)F)c1=O. The van der Waals surface area contributed by atoms with Crippen LogP contribution in [0, 0.1) is 5.82 Å². The van der Waals surface area contributed by atoms with Gasteiger partial charge in [-0.1, -0.05) is 36.4 Å². The van der Waals surface area contributed by atoms with Gasteiger partial charge >= 0.3 is 6.55 Å². The van der Waals surface area contributed by atoms with Gasteiger partial charge in [-0.05, 0) is 90.4 Å². The predicted octanol–water partition coefficient (Wildman–Crippen LogP) is 6.25. The van der Waals surface area contributed by atoms with Crippen molar-refractivity contribution in [1.29, 1.82) is 0 Å². The maximum atomic E-state index is 13.5. The summed E-state index contributed by atoms with van der Waals surface area (Å²) in [6, 6.07) is 23.5. The van der Waals surface area contributed by atoms with Crippen LogP contribution in [-0.4, -0.2) is 34.4 Å². The van der Waals surface area contributed by atoms with Crippen molar-refractivity contribution in [1.82, 2.24) is 9.47 Å². The minimum absolute atomic E-state index is 0.0329. The van der Waals surface area contributed by atoms with Crippen LogP contribution < -0.4 is 10.9 Å². The Morgan fingerprint density at radius 3 is 2.24 bits per heavy atom. The van der Waals surface area contributed by atoms with E-state index in [1.807, 2.05) is 41.3 Å². The van der Waals surface area contributed by atoms with Crippen molar-refractivity contribution in [3.05, 3.63) is 135 Å². The quantitative estimate of drug-likeness (QED) is 0.291. The molecule has 0 aliphatic carbocycles. The number of benzene rings is 3. The molecule has 2 heterocycles. The maximum Gasteiger partial charge on any atom is 0.321 e. The topological polar surface area (TPSA) is 71.4 Å². The fraction of sp³-hybridized carbons (Fsp3) is 0.219. The second-order valence-electron chi connectivity index (χ2n) is 10.1. The zero-order valence-electron chi connectivity index (χ0n) is 22.1. The Hall–Kier alpha value is -4.66. The summed E-state index contributed by atoms with van der Waals surface area (Å²) in [5, 5.41) is 2.59. The Morgan fingerprint density at radius 1 is 0.878 bits per heavy atom. The molecule has 9 heteroatoms. The molecule has 210 valence electrons. The molecule has 1 fully saturated rings. The van der Waals surface area contributed by atoms with Gasteiger partial charge in [0.1, 0.15) is 11.4 Å². The number of hydrogen-bond acceptors (Lipinski definition) is 3. The van der Waals surface area contributed by atoms with Crippen molar-refractivity contribution in [2.75, 3.05) is 18.4 Å². The third kappa shape index (κ3) is 6.57. The largest absolute Gasteiger partial charge is 0.339 e. The van der Waals surface area contributed by atoms with Crippen LogP contribution in [0.3, 0.4) is 0 Å². The average Bonchev–Trinajstić information content (AvgIpc) is 2.97. The Balaban J connectivity index is 1.17. The van der Waals surface area contributed by atoms with Gasteiger partial charge in [-0.25, -0.2) is 4.39 Å². The summed E-state index contributed by atoms with van der Waals surface area (Å²) in [6.07, 6.45) is 3.02. The van der Waals surface area contributed by atoms with Gasteiger partial charge in [-0.15, -0.1) is 0 Å². The Labute approximate surface area is 235 Å². The molecular formula is C32H28F3N3O3. The number of piperidine rings is 1. The number of pyridine rings is 1. The number of carbonyl (C=O) groups excluding carboxylic acids is 2. The van der Waals surface area contributed by atoms with Crippen LogP contribution in [0.4, 0.5) is 18.9 Å². The summed E-state index contributed by atoms with van der Waals surface area (Å²) in [5.74, 6) is -0.846. The molecule has 0 bridgehead atoms. The fourth-order valence-electron chi connectivity index (χ4n) is 5.17. The van der Waals surface area contributed by atoms with E-state index in [1.165, 1.54) is 24.3 Å². The number of alkyl halides is 2. The van der Waals surface area contributed by atoms with Crippen LogP contribution >= 0.6 is 0 Å². The van der Waals surface area contributed by atoms with Gasteiger partial charge < -0.3 is 10.2 Å². The van der Waals surface area contributed by atoms with E-state index >= 15 is 0 Å². The van der Waals surface area contributed by atoms with E-state index in [0.717, 1.165) is 35.7 Å². The number of likely N-dealkylation sites (tertiary alicyclic amines) is 1. The van der Waals surface area contributed by atoms with Crippen molar-refractivity contribution in [2.45, 2.75) is 31.7 Å². The molecule has 5 rings (SSSR count). The third-order valence-electron chi connectivity index (χ3n) is 7.32. The van der Waals surface area contributed by atoms with Gasteiger partial charge in [-0.2, -0.15) is 8.78 Å². The Morgan fingerprint density at radius 2 is 1.56 bits per heavy atom. The highest BCUT2D eigenvalue weighted by molar-refractivity contribution is 6.04. The summed E-state index contributed by atoms with van der Waals surface area (Å²) < 4.78 is 39.7. The number of aromatic nitrogens is 1. The first-order chi connectivity index (χ1) is 19.8. The molecule has 4 aromatic rings. The number of nitrogens with zero attached hydrogens (tertiary/aromatic N) is 2. The molecule has 1 aliphatic rings. The fourth-order valence-corrected chi connectivity index (χ4v) is 5.17. The molecule has 0 unspecified atom stereocenters. The number of rotatable bonds is 7. The van der Waals surface area contributed by atoms with Gasteiger partial charge in [-0.3, -0.25) is 19.0 Å². The van der Waals surface area contributed by atoms with Crippen molar-refractivity contribution in [3.63, 3.8) is 0 Å². The highest BCUT2D eigenvalue weighted by Gasteiger charge is 2.25. The van der Waals surface area contributed by atoms with Crippen LogP contribution in [-0.2, 0) is 6.42 Å². The molecular weight excluding hydrogens is 531 g/mol. The molecule has 6 nitrogen and oxygen atoms in total. The lowest BCUT2D eigenvalue weighted by Gasteiger charge is -2.32. The molecule has 0 spiro atoms. The third-order valence-corrected chi connectivity index (χ3v) is 7.32. The zero-order chi connectivity index (χ0) is 28.9. The van der Waals surface area contributed by atoms with E-state index in [1.54, 1.807) is 24.3 Å². The number of anilines is 1. The lowest BCUT2D eigenvalue weighted by molar-refractivity contribution is 0.0658. The Kier molecular flexibility index (Phi) is 8.33. The second-order valence-corrected chi connectivity index (χ2v) is 10.1. The summed E-state index contributed by atoms with van der Waals surface area (Å²) >= 11 is 0. The number of carbonyl (C=O) groups is 2. The number of amides is 2. The standard InChI is InChI=1S/C32H28F3N3O3/c33-26-7-2-5-22(20-26)18-21-4-1-6-25(19-21)30(40)37-16-13-24(14-17-37)23-9-11-27(12-10-23)36-29(39)28-8-3-15-38(31(28)41)32(34)35/h1-12,15,19-20,24,32H,13-14,16-18H2,(H,36,39). The second kappa shape index (κ2) is 12.2. The molecule has 1 saturated heterocycles. The van der Waals surface area contributed by atoms with Crippen LogP contribution in [0.1, 0.15) is 62.7 Å². The van der Waals surface area contributed by atoms with E-state index in [2.05, 4.69) is 5.32 Å². The average molecular weight is 560 g/mol. The summed E-state index contributed by atoms with van der Waals surface area (Å²) in [6.45, 7) is -1.84. The van der Waals surface area contributed by atoms with Gasteiger partial charge in [0.05, 0.1) is 0 Å².